The first-order valence-corrected chi connectivity index (χ1v) is 7.68. The Bertz CT molecular complexity index is 736. The number of rotatable bonds is 4. The van der Waals surface area contributed by atoms with Crippen molar-refractivity contribution < 1.29 is 13.9 Å². The quantitative estimate of drug-likeness (QED) is 0.683. The normalized spacial score (nSPS) is 10.5. The maximum atomic E-state index is 12.0. The van der Waals surface area contributed by atoms with Gasteiger partial charge >= 0.3 is 0 Å². The summed E-state index contributed by atoms with van der Waals surface area (Å²) in [7, 11) is 1.61. The van der Waals surface area contributed by atoms with Gasteiger partial charge in [0.05, 0.1) is 7.11 Å². The zero-order valence-corrected chi connectivity index (χ0v) is 12.6. The van der Waals surface area contributed by atoms with Crippen LogP contribution < -0.4 is 4.74 Å². The van der Waals surface area contributed by atoms with Crippen molar-refractivity contribution in [3.63, 3.8) is 0 Å². The predicted octanol–water partition coefficient (Wildman–Crippen LogP) is 3.74. The van der Waals surface area contributed by atoms with Gasteiger partial charge in [-0.25, -0.2) is 0 Å². The summed E-state index contributed by atoms with van der Waals surface area (Å²) in [6, 6.07) is 10.9. The maximum Gasteiger partial charge on any atom is 0.261 e. The van der Waals surface area contributed by atoms with E-state index in [0.29, 0.717) is 15.9 Å². The molecule has 0 radical (unpaired) electrons. The second-order valence-electron chi connectivity index (χ2n) is 3.99. The molecule has 0 N–H and O–H groups in total. The van der Waals surface area contributed by atoms with Crippen LogP contribution in [-0.4, -0.2) is 22.4 Å². The number of hydrogen-bond acceptors (Lipinski definition) is 7. The van der Waals surface area contributed by atoms with Gasteiger partial charge in [-0.3, -0.25) is 4.79 Å². The molecule has 5 nitrogen and oxygen atoms in total. The van der Waals surface area contributed by atoms with Crippen molar-refractivity contribution in [1.82, 2.24) is 10.2 Å². The summed E-state index contributed by atoms with van der Waals surface area (Å²) < 4.78 is 11.3. The zero-order chi connectivity index (χ0) is 14.7. The fourth-order valence-corrected chi connectivity index (χ4v) is 2.98. The number of nitrogens with zero attached hydrogens (tertiary/aromatic N) is 2. The van der Waals surface area contributed by atoms with E-state index in [1.165, 1.54) is 11.3 Å². The summed E-state index contributed by atoms with van der Waals surface area (Å²) in [6.07, 6.45) is 0. The standard InChI is InChI=1S/C14H10N2O3S2/c1-18-10-4-2-9(3-5-10)11-6-7-12(19-11)13(17)21-14-16-15-8-20-14/h2-8H,1H3. The highest BCUT2D eigenvalue weighted by atomic mass is 32.2. The van der Waals surface area contributed by atoms with E-state index < -0.39 is 0 Å². The van der Waals surface area contributed by atoms with Gasteiger partial charge in [-0.2, -0.15) is 0 Å². The minimum atomic E-state index is -0.188. The number of furan rings is 1. The molecule has 0 aliphatic rings. The van der Waals surface area contributed by atoms with Gasteiger partial charge in [0, 0.05) is 5.56 Å². The second kappa shape index (κ2) is 6.11. The van der Waals surface area contributed by atoms with Crippen molar-refractivity contribution in [2.24, 2.45) is 0 Å². The molecule has 0 aliphatic heterocycles. The predicted molar refractivity (Wildman–Crippen MR) is 80.8 cm³/mol. The maximum absolute atomic E-state index is 12.0. The molecule has 0 amide bonds. The highest BCUT2D eigenvalue weighted by Crippen LogP contribution is 2.28. The minimum Gasteiger partial charge on any atom is -0.497 e. The average Bonchev–Trinajstić information content (AvgIpc) is 3.18. The molecule has 1 aromatic carbocycles. The Balaban J connectivity index is 1.77. The molecule has 3 aromatic rings. The molecule has 0 bridgehead atoms. The van der Waals surface area contributed by atoms with E-state index in [2.05, 4.69) is 10.2 Å². The van der Waals surface area contributed by atoms with Gasteiger partial charge in [0.15, 0.2) is 10.1 Å². The summed E-state index contributed by atoms with van der Waals surface area (Å²) in [5, 5.41) is 7.32. The lowest BCUT2D eigenvalue weighted by atomic mass is 10.2. The Morgan fingerprint density at radius 2 is 2.05 bits per heavy atom. The van der Waals surface area contributed by atoms with Crippen molar-refractivity contribution in [3.8, 4) is 17.1 Å². The number of ether oxygens (including phenoxy) is 1. The molecule has 0 spiro atoms. The molecule has 2 aromatic heterocycles. The molecule has 0 aliphatic carbocycles. The van der Waals surface area contributed by atoms with Gasteiger partial charge in [-0.15, -0.1) is 10.2 Å². The molecule has 21 heavy (non-hydrogen) atoms. The van der Waals surface area contributed by atoms with Crippen LogP contribution in [0.3, 0.4) is 0 Å². The molecule has 106 valence electrons. The van der Waals surface area contributed by atoms with Crippen molar-refractivity contribution in [2.45, 2.75) is 4.34 Å². The van der Waals surface area contributed by atoms with Gasteiger partial charge in [0.1, 0.15) is 17.0 Å². The first-order valence-electron chi connectivity index (χ1n) is 5.99. The lowest BCUT2D eigenvalue weighted by Crippen LogP contribution is -1.89. The largest absolute Gasteiger partial charge is 0.497 e. The Hall–Kier alpha value is -2.12. The monoisotopic (exact) mass is 318 g/mol. The second-order valence-corrected chi connectivity index (χ2v) is 6.04. The van der Waals surface area contributed by atoms with Crippen LogP contribution in [0.2, 0.25) is 0 Å². The Kier molecular flexibility index (Phi) is 4.03. The van der Waals surface area contributed by atoms with E-state index in [1.807, 2.05) is 24.3 Å². The first kappa shape index (κ1) is 13.8. The fraction of sp³-hybridized carbons (Fsp3) is 0.0714. The van der Waals surface area contributed by atoms with Crippen molar-refractivity contribution in [1.29, 1.82) is 0 Å². The van der Waals surface area contributed by atoms with E-state index in [0.717, 1.165) is 23.1 Å². The Labute approximate surface area is 129 Å². The molecular weight excluding hydrogens is 308 g/mol. The molecule has 7 heteroatoms. The Morgan fingerprint density at radius 1 is 1.24 bits per heavy atom. The van der Waals surface area contributed by atoms with Crippen LogP contribution in [-0.2, 0) is 0 Å². The van der Waals surface area contributed by atoms with Crippen LogP contribution in [0.1, 0.15) is 10.6 Å². The SMILES string of the molecule is COc1ccc(-c2ccc(C(=O)Sc3nncs3)o2)cc1. The number of thioether (sulfide) groups is 1. The van der Waals surface area contributed by atoms with Crippen LogP contribution in [0.5, 0.6) is 5.75 Å². The fourth-order valence-electron chi connectivity index (χ4n) is 1.70. The van der Waals surface area contributed by atoms with Crippen LogP contribution in [0.25, 0.3) is 11.3 Å². The van der Waals surface area contributed by atoms with E-state index in [9.17, 15) is 4.79 Å². The summed E-state index contributed by atoms with van der Waals surface area (Å²) in [5.41, 5.74) is 2.47. The number of hydrogen-bond donors (Lipinski definition) is 0. The number of carbonyl (C=O) groups is 1. The van der Waals surface area contributed by atoms with Crippen molar-refractivity contribution in [3.05, 3.63) is 47.7 Å². The van der Waals surface area contributed by atoms with Crippen LogP contribution in [0.4, 0.5) is 0 Å². The summed E-state index contributed by atoms with van der Waals surface area (Å²) in [6.45, 7) is 0. The number of aromatic nitrogens is 2. The third-order valence-electron chi connectivity index (χ3n) is 2.70. The lowest BCUT2D eigenvalue weighted by Gasteiger charge is -2.00. The van der Waals surface area contributed by atoms with Gasteiger partial charge in [-0.05, 0) is 48.2 Å². The Morgan fingerprint density at radius 3 is 2.71 bits per heavy atom. The summed E-state index contributed by atoms with van der Waals surface area (Å²) in [4.78, 5) is 12.0. The van der Waals surface area contributed by atoms with Crippen LogP contribution >= 0.6 is 23.1 Å². The molecule has 3 rings (SSSR count). The molecule has 0 unspecified atom stereocenters. The average molecular weight is 318 g/mol. The van der Waals surface area contributed by atoms with Gasteiger partial charge < -0.3 is 9.15 Å². The number of methoxy groups -OCH3 is 1. The van der Waals surface area contributed by atoms with Crippen LogP contribution in [0.15, 0.2) is 50.7 Å². The first-order chi connectivity index (χ1) is 10.3. The highest BCUT2D eigenvalue weighted by molar-refractivity contribution is 8.15. The lowest BCUT2D eigenvalue weighted by molar-refractivity contribution is 0.106. The van der Waals surface area contributed by atoms with Crippen molar-refractivity contribution in [2.75, 3.05) is 7.11 Å². The zero-order valence-electron chi connectivity index (χ0n) is 11.0. The van der Waals surface area contributed by atoms with Crippen molar-refractivity contribution >= 4 is 28.2 Å². The highest BCUT2D eigenvalue weighted by Gasteiger charge is 2.15. The molecule has 0 saturated heterocycles. The van der Waals surface area contributed by atoms with E-state index >= 15 is 0 Å². The van der Waals surface area contributed by atoms with Crippen LogP contribution in [0, 0.1) is 0 Å². The van der Waals surface area contributed by atoms with Gasteiger partial charge in [-0.1, -0.05) is 11.3 Å². The van der Waals surface area contributed by atoms with E-state index in [4.69, 9.17) is 9.15 Å². The van der Waals surface area contributed by atoms with Gasteiger partial charge in [0.25, 0.3) is 5.12 Å². The summed E-state index contributed by atoms with van der Waals surface area (Å²) in [5.74, 6) is 1.70. The third kappa shape index (κ3) is 3.14. The molecule has 0 saturated carbocycles. The smallest absolute Gasteiger partial charge is 0.261 e. The topological polar surface area (TPSA) is 65.2 Å². The molecular formula is C14H10N2O3S2. The van der Waals surface area contributed by atoms with Gasteiger partial charge in [0.2, 0.25) is 0 Å². The molecule has 0 atom stereocenters. The minimum absolute atomic E-state index is 0.188. The third-order valence-corrected chi connectivity index (χ3v) is 4.37. The van der Waals surface area contributed by atoms with E-state index in [1.54, 1.807) is 24.8 Å². The molecule has 2 heterocycles. The summed E-state index contributed by atoms with van der Waals surface area (Å²) >= 11 is 2.33. The van der Waals surface area contributed by atoms with E-state index in [-0.39, 0.29) is 5.12 Å². The molecule has 0 fully saturated rings. The number of carbonyl (C=O) groups excluding carboxylic acids is 1. The number of benzene rings is 1.